The molecule has 2 atom stereocenters. The Bertz CT molecular complexity index is 479. The van der Waals surface area contributed by atoms with E-state index in [1.807, 2.05) is 45.0 Å². The van der Waals surface area contributed by atoms with Crippen LogP contribution in [0.1, 0.15) is 39.3 Å². The van der Waals surface area contributed by atoms with Crippen molar-refractivity contribution in [3.05, 3.63) is 29.8 Å². The number of carbonyl (C=O) groups is 1. The smallest absolute Gasteiger partial charge is 0.320 e. The first-order valence-electron chi connectivity index (χ1n) is 7.04. The van der Waals surface area contributed by atoms with Crippen molar-refractivity contribution in [3.63, 3.8) is 0 Å². The van der Waals surface area contributed by atoms with Crippen LogP contribution in [0.4, 0.5) is 0 Å². The van der Waals surface area contributed by atoms with E-state index < -0.39 is 5.60 Å². The number of para-hydroxylation sites is 1. The first kappa shape index (κ1) is 14.9. The van der Waals surface area contributed by atoms with Gasteiger partial charge in [0.2, 0.25) is 0 Å². The van der Waals surface area contributed by atoms with Crippen LogP contribution in [0, 0.1) is 5.92 Å². The van der Waals surface area contributed by atoms with Crippen molar-refractivity contribution in [2.75, 3.05) is 13.2 Å². The average Bonchev–Trinajstić information content (AvgIpc) is 2.35. The molecule has 0 aliphatic carbocycles. The first-order chi connectivity index (χ1) is 9.37. The fraction of sp³-hybridized carbons (Fsp3) is 0.562. The van der Waals surface area contributed by atoms with Gasteiger partial charge in [-0.3, -0.25) is 10.1 Å². The van der Waals surface area contributed by atoms with Crippen LogP contribution in [0.2, 0.25) is 0 Å². The Morgan fingerprint density at radius 3 is 2.80 bits per heavy atom. The summed E-state index contributed by atoms with van der Waals surface area (Å²) < 4.78 is 11.0. The fourth-order valence-electron chi connectivity index (χ4n) is 2.37. The van der Waals surface area contributed by atoms with Crippen molar-refractivity contribution in [2.45, 2.75) is 39.3 Å². The summed E-state index contributed by atoms with van der Waals surface area (Å²) in [6.07, 6.45) is 0. The lowest BCUT2D eigenvalue weighted by Gasteiger charge is -2.32. The quantitative estimate of drug-likeness (QED) is 0.863. The van der Waals surface area contributed by atoms with Gasteiger partial charge in [0.05, 0.1) is 13.2 Å². The summed E-state index contributed by atoms with van der Waals surface area (Å²) in [6.45, 7) is 8.60. The summed E-state index contributed by atoms with van der Waals surface area (Å²) in [5.41, 5.74) is 0.660. The Balaban J connectivity index is 2.00. The van der Waals surface area contributed by atoms with E-state index >= 15 is 0 Å². The van der Waals surface area contributed by atoms with Gasteiger partial charge >= 0.3 is 5.97 Å². The first-order valence-corrected chi connectivity index (χ1v) is 7.04. The van der Waals surface area contributed by atoms with Gasteiger partial charge in [0.15, 0.2) is 0 Å². The van der Waals surface area contributed by atoms with E-state index in [0.29, 0.717) is 12.5 Å². The predicted molar refractivity (Wildman–Crippen MR) is 77.7 cm³/mol. The molecule has 1 aromatic carbocycles. The highest BCUT2D eigenvalue weighted by Crippen LogP contribution is 2.34. The van der Waals surface area contributed by atoms with E-state index in [1.54, 1.807) is 0 Å². The largest absolute Gasteiger partial charge is 0.493 e. The molecular weight excluding hydrogens is 254 g/mol. The Morgan fingerprint density at radius 1 is 1.40 bits per heavy atom. The molecule has 110 valence electrons. The zero-order valence-corrected chi connectivity index (χ0v) is 12.6. The van der Waals surface area contributed by atoms with Crippen molar-refractivity contribution >= 4 is 5.97 Å². The topological polar surface area (TPSA) is 47.6 Å². The van der Waals surface area contributed by atoms with E-state index in [-0.39, 0.29) is 18.6 Å². The van der Waals surface area contributed by atoms with Gasteiger partial charge < -0.3 is 9.47 Å². The number of fused-ring (bicyclic) bond motifs is 1. The molecule has 0 radical (unpaired) electrons. The van der Waals surface area contributed by atoms with E-state index in [4.69, 9.17) is 9.47 Å². The summed E-state index contributed by atoms with van der Waals surface area (Å²) in [5.74, 6) is 0.980. The molecule has 4 nitrogen and oxygen atoms in total. The molecule has 0 bridgehead atoms. The number of hydrogen-bond donors (Lipinski definition) is 1. The second-order valence-electron chi connectivity index (χ2n) is 6.27. The normalized spacial score (nSPS) is 21.8. The maximum Gasteiger partial charge on any atom is 0.320 e. The molecule has 0 amide bonds. The number of benzene rings is 1. The monoisotopic (exact) mass is 277 g/mol. The van der Waals surface area contributed by atoms with Crippen LogP contribution in [0.5, 0.6) is 5.75 Å². The maximum absolute atomic E-state index is 11.8. The average molecular weight is 277 g/mol. The lowest BCUT2D eigenvalue weighted by Crippen LogP contribution is -2.38. The fourth-order valence-corrected chi connectivity index (χ4v) is 2.37. The molecule has 1 aromatic rings. The van der Waals surface area contributed by atoms with Gasteiger partial charge in [0.25, 0.3) is 0 Å². The van der Waals surface area contributed by atoms with Gasteiger partial charge in [-0.1, -0.05) is 25.1 Å². The molecule has 0 fully saturated rings. The second-order valence-corrected chi connectivity index (χ2v) is 6.27. The van der Waals surface area contributed by atoms with E-state index in [0.717, 1.165) is 11.3 Å². The highest BCUT2D eigenvalue weighted by atomic mass is 16.6. The summed E-state index contributed by atoms with van der Waals surface area (Å²) in [7, 11) is 0. The van der Waals surface area contributed by atoms with Gasteiger partial charge in [-0.05, 0) is 26.8 Å². The Morgan fingerprint density at radius 2 is 2.10 bits per heavy atom. The zero-order chi connectivity index (χ0) is 14.8. The molecule has 1 aliphatic rings. The minimum Gasteiger partial charge on any atom is -0.493 e. The molecule has 0 saturated carbocycles. The molecule has 0 spiro atoms. The Labute approximate surface area is 120 Å². The van der Waals surface area contributed by atoms with Crippen molar-refractivity contribution in [1.29, 1.82) is 0 Å². The summed E-state index contributed by atoms with van der Waals surface area (Å²) in [4.78, 5) is 11.8. The third-order valence-electron chi connectivity index (χ3n) is 3.21. The van der Waals surface area contributed by atoms with Crippen LogP contribution in [0.15, 0.2) is 24.3 Å². The third-order valence-corrected chi connectivity index (χ3v) is 3.21. The molecule has 1 heterocycles. The van der Waals surface area contributed by atoms with E-state index in [2.05, 4.69) is 12.2 Å². The summed E-state index contributed by atoms with van der Waals surface area (Å²) in [6, 6.07) is 8.07. The van der Waals surface area contributed by atoms with Crippen LogP contribution in [0.3, 0.4) is 0 Å². The van der Waals surface area contributed by atoms with Crippen LogP contribution < -0.4 is 10.1 Å². The molecule has 0 saturated heterocycles. The standard InChI is InChI=1S/C16H23NO3/c1-11-10-19-13-8-6-5-7-12(13)15(11)17-9-14(18)20-16(2,3)4/h5-8,11,15,17H,9-10H2,1-4H3. The van der Waals surface area contributed by atoms with Crippen molar-refractivity contribution in [3.8, 4) is 5.75 Å². The summed E-state index contributed by atoms with van der Waals surface area (Å²) in [5, 5.41) is 3.30. The lowest BCUT2D eigenvalue weighted by atomic mass is 9.92. The second kappa shape index (κ2) is 5.83. The van der Waals surface area contributed by atoms with Gasteiger partial charge in [-0.25, -0.2) is 0 Å². The van der Waals surface area contributed by atoms with E-state index in [1.165, 1.54) is 0 Å². The minimum atomic E-state index is -0.446. The van der Waals surface area contributed by atoms with Gasteiger partial charge in [-0.15, -0.1) is 0 Å². The lowest BCUT2D eigenvalue weighted by molar-refractivity contribution is -0.153. The molecular formula is C16H23NO3. The van der Waals surface area contributed by atoms with Gasteiger partial charge in [0.1, 0.15) is 11.4 Å². The van der Waals surface area contributed by atoms with Crippen LogP contribution in [-0.4, -0.2) is 24.7 Å². The number of nitrogens with one attached hydrogen (secondary N) is 1. The van der Waals surface area contributed by atoms with Gasteiger partial charge in [-0.2, -0.15) is 0 Å². The van der Waals surface area contributed by atoms with Crippen molar-refractivity contribution in [1.82, 2.24) is 5.32 Å². The van der Waals surface area contributed by atoms with Crippen molar-refractivity contribution < 1.29 is 14.3 Å². The Kier molecular flexibility index (Phi) is 4.33. The minimum absolute atomic E-state index is 0.118. The SMILES string of the molecule is CC1COc2ccccc2C1NCC(=O)OC(C)(C)C. The van der Waals surface area contributed by atoms with Gasteiger partial charge in [0, 0.05) is 17.5 Å². The number of esters is 1. The van der Waals surface area contributed by atoms with Crippen molar-refractivity contribution in [2.24, 2.45) is 5.92 Å². The highest BCUT2D eigenvalue weighted by Gasteiger charge is 2.28. The molecule has 0 aromatic heterocycles. The summed E-state index contributed by atoms with van der Waals surface area (Å²) >= 11 is 0. The maximum atomic E-state index is 11.8. The number of ether oxygens (including phenoxy) is 2. The third kappa shape index (κ3) is 3.73. The van der Waals surface area contributed by atoms with Crippen LogP contribution >= 0.6 is 0 Å². The predicted octanol–water partition coefficient (Wildman–Crippen LogP) is 2.69. The number of hydrogen-bond acceptors (Lipinski definition) is 4. The molecule has 1 aliphatic heterocycles. The number of rotatable bonds is 3. The van der Waals surface area contributed by atoms with Crippen LogP contribution in [-0.2, 0) is 9.53 Å². The molecule has 1 N–H and O–H groups in total. The molecule has 2 rings (SSSR count). The highest BCUT2D eigenvalue weighted by molar-refractivity contribution is 5.72. The zero-order valence-electron chi connectivity index (χ0n) is 12.6. The Hall–Kier alpha value is -1.55. The molecule has 2 unspecified atom stereocenters. The number of carbonyl (C=O) groups excluding carboxylic acids is 1. The molecule has 20 heavy (non-hydrogen) atoms. The van der Waals surface area contributed by atoms with E-state index in [9.17, 15) is 4.79 Å². The molecule has 4 heteroatoms. The van der Waals surface area contributed by atoms with Crippen LogP contribution in [0.25, 0.3) is 0 Å².